The molecular weight excluding hydrogens is 408 g/mol. The molecule has 32 heavy (non-hydrogen) atoms. The molecule has 2 saturated carbocycles. The van der Waals surface area contributed by atoms with Crippen LogP contribution in [-0.4, -0.2) is 47.1 Å². The quantitative estimate of drug-likeness (QED) is 0.678. The number of hydrogen-bond acceptors (Lipinski definition) is 5. The van der Waals surface area contributed by atoms with Crippen LogP contribution < -0.4 is 5.32 Å². The molecule has 1 aliphatic heterocycles. The second kappa shape index (κ2) is 8.09. The van der Waals surface area contributed by atoms with E-state index < -0.39 is 23.8 Å². The molecule has 0 aromatic heterocycles. The second-order valence-electron chi connectivity index (χ2n) is 11.0. The number of ether oxygens (including phenoxy) is 2. The molecule has 1 saturated heterocycles. The van der Waals surface area contributed by atoms with Crippen molar-refractivity contribution in [3.05, 3.63) is 35.9 Å². The van der Waals surface area contributed by atoms with E-state index in [9.17, 15) is 14.4 Å². The third-order valence-corrected chi connectivity index (χ3v) is 6.89. The maximum absolute atomic E-state index is 13.7. The number of esters is 1. The van der Waals surface area contributed by atoms with Gasteiger partial charge in [-0.1, -0.05) is 37.3 Å². The molecule has 7 heteroatoms. The summed E-state index contributed by atoms with van der Waals surface area (Å²) >= 11 is 0. The summed E-state index contributed by atoms with van der Waals surface area (Å²) in [6.45, 7) is 8.09. The Morgan fingerprint density at radius 1 is 1.12 bits per heavy atom. The number of nitrogens with one attached hydrogen (secondary N) is 1. The highest BCUT2D eigenvalue weighted by atomic mass is 16.6. The molecule has 2 amide bonds. The number of likely N-dealkylation sites (tertiary alicyclic amines) is 1. The van der Waals surface area contributed by atoms with E-state index in [1.54, 1.807) is 25.7 Å². The van der Waals surface area contributed by atoms with Crippen LogP contribution in [0.4, 0.5) is 4.79 Å². The lowest BCUT2D eigenvalue weighted by molar-refractivity contribution is -0.155. The highest BCUT2D eigenvalue weighted by Crippen LogP contribution is 2.56. The van der Waals surface area contributed by atoms with Crippen LogP contribution in [0.15, 0.2) is 30.3 Å². The molecule has 4 rings (SSSR count). The van der Waals surface area contributed by atoms with Crippen LogP contribution >= 0.6 is 0 Å². The summed E-state index contributed by atoms with van der Waals surface area (Å²) in [5, 5.41) is 2.81. The first kappa shape index (κ1) is 22.6. The Balaban J connectivity index is 1.47. The van der Waals surface area contributed by atoms with Crippen molar-refractivity contribution < 1.29 is 23.9 Å². The van der Waals surface area contributed by atoms with Crippen molar-refractivity contribution in [2.75, 3.05) is 6.54 Å². The van der Waals surface area contributed by atoms with Crippen molar-refractivity contribution in [3.8, 4) is 0 Å². The zero-order valence-corrected chi connectivity index (χ0v) is 19.5. The van der Waals surface area contributed by atoms with Crippen molar-refractivity contribution in [2.45, 2.75) is 84.1 Å². The number of nitrogens with zero attached hydrogens (tertiary/aromatic N) is 1. The summed E-state index contributed by atoms with van der Waals surface area (Å²) in [6, 6.07) is 8.20. The third-order valence-electron chi connectivity index (χ3n) is 6.89. The SMILES string of the molecule is CC(C)(C)OC(=O)N[C@H](C(=O)N1CC2(CC2)C[C@H]1C(=O)OCc1ccccc1)C1(C)CC1. The lowest BCUT2D eigenvalue weighted by atomic mass is 9.97. The fraction of sp³-hybridized carbons (Fsp3) is 0.640. The predicted molar refractivity (Wildman–Crippen MR) is 119 cm³/mol. The van der Waals surface area contributed by atoms with Gasteiger partial charge in [0.05, 0.1) is 0 Å². The fourth-order valence-corrected chi connectivity index (χ4v) is 4.47. The molecule has 3 aliphatic rings. The minimum atomic E-state index is -0.712. The molecule has 0 radical (unpaired) electrons. The standard InChI is InChI=1S/C25H34N2O5/c1-23(2,3)32-22(30)26-19(24(4)10-11-24)20(28)27-16-25(12-13-25)14-18(27)21(29)31-15-17-8-6-5-7-9-17/h5-9,18-19H,10-16H2,1-4H3,(H,26,30)/t18-,19+/m0/s1. The van der Waals surface area contributed by atoms with Gasteiger partial charge in [0.15, 0.2) is 0 Å². The van der Waals surface area contributed by atoms with E-state index in [0.29, 0.717) is 13.0 Å². The maximum atomic E-state index is 13.7. The number of amides is 2. The number of carbonyl (C=O) groups excluding carboxylic acids is 3. The minimum Gasteiger partial charge on any atom is -0.459 e. The molecule has 1 spiro atoms. The smallest absolute Gasteiger partial charge is 0.408 e. The van der Waals surface area contributed by atoms with E-state index in [1.165, 1.54) is 0 Å². The Kier molecular flexibility index (Phi) is 5.72. The first-order chi connectivity index (χ1) is 15.0. The summed E-state index contributed by atoms with van der Waals surface area (Å²) in [6.07, 6.45) is 3.75. The van der Waals surface area contributed by atoms with Gasteiger partial charge in [-0.15, -0.1) is 0 Å². The zero-order valence-electron chi connectivity index (χ0n) is 19.5. The molecular formula is C25H34N2O5. The lowest BCUT2D eigenvalue weighted by Gasteiger charge is -2.32. The monoisotopic (exact) mass is 442 g/mol. The van der Waals surface area contributed by atoms with Gasteiger partial charge in [0.25, 0.3) is 0 Å². The normalized spacial score (nSPS) is 23.4. The third kappa shape index (κ3) is 5.08. The molecule has 1 aromatic rings. The Labute approximate surface area is 189 Å². The van der Waals surface area contributed by atoms with Crippen molar-refractivity contribution in [3.63, 3.8) is 0 Å². The van der Waals surface area contributed by atoms with Crippen LogP contribution in [0, 0.1) is 10.8 Å². The predicted octanol–water partition coefficient (Wildman–Crippen LogP) is 3.80. The van der Waals surface area contributed by atoms with E-state index in [1.807, 2.05) is 37.3 Å². The van der Waals surface area contributed by atoms with Crippen molar-refractivity contribution in [1.82, 2.24) is 10.2 Å². The average Bonchev–Trinajstić information content (AvgIpc) is 3.61. The summed E-state index contributed by atoms with van der Waals surface area (Å²) in [5.74, 6) is -0.579. The van der Waals surface area contributed by atoms with E-state index in [0.717, 1.165) is 31.2 Å². The number of alkyl carbamates (subject to hydrolysis) is 1. The van der Waals surface area contributed by atoms with Gasteiger partial charge >= 0.3 is 12.1 Å². The van der Waals surface area contributed by atoms with Crippen LogP contribution in [0.1, 0.15) is 65.4 Å². The summed E-state index contributed by atoms with van der Waals surface area (Å²) in [4.78, 5) is 40.8. The van der Waals surface area contributed by atoms with Crippen LogP contribution in [-0.2, 0) is 25.7 Å². The molecule has 1 N–H and O–H groups in total. The summed E-state index contributed by atoms with van der Waals surface area (Å²) < 4.78 is 11.0. The molecule has 1 aromatic carbocycles. The van der Waals surface area contributed by atoms with E-state index >= 15 is 0 Å². The number of benzene rings is 1. The first-order valence-electron chi connectivity index (χ1n) is 11.5. The Morgan fingerprint density at radius 2 is 1.78 bits per heavy atom. The Bertz CT molecular complexity index is 883. The Morgan fingerprint density at radius 3 is 2.34 bits per heavy atom. The Hall–Kier alpha value is -2.57. The average molecular weight is 443 g/mol. The van der Waals surface area contributed by atoms with Gasteiger partial charge in [-0.3, -0.25) is 4.79 Å². The van der Waals surface area contributed by atoms with Crippen LogP contribution in [0.25, 0.3) is 0 Å². The van der Waals surface area contributed by atoms with Gasteiger partial charge in [-0.05, 0) is 69.3 Å². The molecule has 174 valence electrons. The van der Waals surface area contributed by atoms with Crippen LogP contribution in [0.3, 0.4) is 0 Å². The van der Waals surface area contributed by atoms with Gasteiger partial charge in [-0.25, -0.2) is 9.59 Å². The number of rotatable bonds is 6. The molecule has 0 bridgehead atoms. The molecule has 3 fully saturated rings. The highest BCUT2D eigenvalue weighted by molar-refractivity contribution is 5.91. The van der Waals surface area contributed by atoms with Crippen molar-refractivity contribution in [1.29, 1.82) is 0 Å². The molecule has 7 nitrogen and oxygen atoms in total. The largest absolute Gasteiger partial charge is 0.459 e. The molecule has 0 unspecified atom stereocenters. The summed E-state index contributed by atoms with van der Waals surface area (Å²) in [7, 11) is 0. The topological polar surface area (TPSA) is 84.9 Å². The first-order valence-corrected chi connectivity index (χ1v) is 11.5. The number of hydrogen-bond donors (Lipinski definition) is 1. The second-order valence-corrected chi connectivity index (χ2v) is 11.0. The fourth-order valence-electron chi connectivity index (χ4n) is 4.47. The van der Waals surface area contributed by atoms with Crippen LogP contribution in [0.5, 0.6) is 0 Å². The highest BCUT2D eigenvalue weighted by Gasteiger charge is 2.59. The van der Waals surface area contributed by atoms with Crippen molar-refractivity contribution in [2.24, 2.45) is 10.8 Å². The van der Waals surface area contributed by atoms with E-state index in [-0.39, 0.29) is 29.3 Å². The lowest BCUT2D eigenvalue weighted by Crippen LogP contribution is -2.55. The van der Waals surface area contributed by atoms with Gasteiger partial charge < -0.3 is 19.7 Å². The minimum absolute atomic E-state index is 0.0209. The zero-order chi connectivity index (χ0) is 23.1. The van der Waals surface area contributed by atoms with E-state index in [4.69, 9.17) is 9.47 Å². The number of carbonyl (C=O) groups is 3. The maximum Gasteiger partial charge on any atom is 0.408 e. The van der Waals surface area contributed by atoms with Crippen molar-refractivity contribution >= 4 is 18.0 Å². The van der Waals surface area contributed by atoms with Gasteiger partial charge in [0.2, 0.25) is 5.91 Å². The van der Waals surface area contributed by atoms with Crippen LogP contribution in [0.2, 0.25) is 0 Å². The molecule has 2 atom stereocenters. The van der Waals surface area contributed by atoms with E-state index in [2.05, 4.69) is 5.32 Å². The molecule has 1 heterocycles. The van der Waals surface area contributed by atoms with Gasteiger partial charge in [-0.2, -0.15) is 0 Å². The summed E-state index contributed by atoms with van der Waals surface area (Å²) in [5.41, 5.74) is -0.0380. The van der Waals surface area contributed by atoms with Gasteiger partial charge in [0.1, 0.15) is 24.3 Å². The van der Waals surface area contributed by atoms with Gasteiger partial charge in [0, 0.05) is 6.54 Å². The molecule has 2 aliphatic carbocycles.